The fourth-order valence-corrected chi connectivity index (χ4v) is 3.67. The van der Waals surface area contributed by atoms with E-state index in [1.54, 1.807) is 25.4 Å². The Kier molecular flexibility index (Phi) is 4.49. The van der Waals surface area contributed by atoms with Crippen LogP contribution in [-0.2, 0) is 10.3 Å². The standard InChI is InChI=1S/C19H22N6O2/c1-19(15-6-3-2-4-7-15)16(26)25(18(27)22-19)14-23-10-12-24(13-11-23)17-20-8-5-9-21-17/h2-9H,10-14H2,1H3,(H,22,27)/p+1/t19-/m0/s1. The molecule has 27 heavy (non-hydrogen) atoms. The van der Waals surface area contributed by atoms with E-state index in [-0.39, 0.29) is 11.9 Å². The van der Waals surface area contributed by atoms with E-state index >= 15 is 0 Å². The van der Waals surface area contributed by atoms with Crippen LogP contribution in [0.5, 0.6) is 0 Å². The monoisotopic (exact) mass is 367 g/mol. The van der Waals surface area contributed by atoms with Crippen LogP contribution in [0.15, 0.2) is 48.8 Å². The molecule has 0 unspecified atom stereocenters. The molecule has 0 aliphatic carbocycles. The first-order valence-corrected chi connectivity index (χ1v) is 9.13. The average Bonchev–Trinajstić information content (AvgIpc) is 2.94. The zero-order chi connectivity index (χ0) is 18.9. The van der Waals surface area contributed by atoms with Gasteiger partial charge in [0.25, 0.3) is 5.91 Å². The molecule has 1 aromatic carbocycles. The molecule has 3 heterocycles. The van der Waals surface area contributed by atoms with Gasteiger partial charge < -0.3 is 15.1 Å². The summed E-state index contributed by atoms with van der Waals surface area (Å²) < 4.78 is 0. The van der Waals surface area contributed by atoms with Gasteiger partial charge in [-0.05, 0) is 18.6 Å². The first kappa shape index (κ1) is 17.4. The zero-order valence-corrected chi connectivity index (χ0v) is 15.3. The predicted molar refractivity (Wildman–Crippen MR) is 99.0 cm³/mol. The third-order valence-corrected chi connectivity index (χ3v) is 5.31. The van der Waals surface area contributed by atoms with Crippen LogP contribution in [-0.4, -0.2) is 59.7 Å². The van der Waals surface area contributed by atoms with Gasteiger partial charge in [0.15, 0.2) is 6.67 Å². The summed E-state index contributed by atoms with van der Waals surface area (Å²) >= 11 is 0. The van der Waals surface area contributed by atoms with Gasteiger partial charge in [-0.2, -0.15) is 0 Å². The lowest BCUT2D eigenvalue weighted by Crippen LogP contribution is -3.16. The van der Waals surface area contributed by atoms with Gasteiger partial charge in [0.1, 0.15) is 5.54 Å². The lowest BCUT2D eigenvalue weighted by atomic mass is 9.92. The van der Waals surface area contributed by atoms with Crippen LogP contribution in [0.25, 0.3) is 0 Å². The molecule has 2 aliphatic rings. The second-order valence-electron chi connectivity index (χ2n) is 7.10. The van der Waals surface area contributed by atoms with E-state index in [0.29, 0.717) is 6.67 Å². The quantitative estimate of drug-likeness (QED) is 0.719. The molecule has 2 fully saturated rings. The average molecular weight is 367 g/mol. The molecule has 1 atom stereocenters. The van der Waals surface area contributed by atoms with Crippen LogP contribution in [0.3, 0.4) is 0 Å². The number of nitrogens with one attached hydrogen (secondary N) is 2. The number of aromatic nitrogens is 2. The molecule has 2 saturated heterocycles. The molecule has 2 N–H and O–H groups in total. The number of nitrogens with zero attached hydrogens (tertiary/aromatic N) is 4. The Morgan fingerprint density at radius 2 is 1.74 bits per heavy atom. The Labute approximate surface area is 157 Å². The van der Waals surface area contributed by atoms with Crippen LogP contribution in [0, 0.1) is 0 Å². The van der Waals surface area contributed by atoms with Crippen molar-refractivity contribution in [2.75, 3.05) is 37.7 Å². The molecule has 0 saturated carbocycles. The Morgan fingerprint density at radius 1 is 1.07 bits per heavy atom. The number of hydrogen-bond donors (Lipinski definition) is 2. The fraction of sp³-hybridized carbons (Fsp3) is 0.368. The van der Waals surface area contributed by atoms with Gasteiger partial charge in [0.2, 0.25) is 5.95 Å². The molecule has 2 aliphatic heterocycles. The third kappa shape index (κ3) is 3.23. The highest BCUT2D eigenvalue weighted by Gasteiger charge is 2.50. The maximum absolute atomic E-state index is 13.0. The number of carbonyl (C=O) groups is 2. The van der Waals surface area contributed by atoms with Crippen molar-refractivity contribution in [3.8, 4) is 0 Å². The molecule has 1 aromatic heterocycles. The third-order valence-electron chi connectivity index (χ3n) is 5.31. The zero-order valence-electron chi connectivity index (χ0n) is 15.3. The van der Waals surface area contributed by atoms with Crippen molar-refractivity contribution in [3.05, 3.63) is 54.4 Å². The summed E-state index contributed by atoms with van der Waals surface area (Å²) in [5, 5.41) is 2.86. The van der Waals surface area contributed by atoms with Gasteiger partial charge in [-0.25, -0.2) is 19.7 Å². The van der Waals surface area contributed by atoms with Crippen LogP contribution in [0.4, 0.5) is 10.7 Å². The number of quaternary nitrogens is 1. The first-order valence-electron chi connectivity index (χ1n) is 9.13. The molecule has 0 bridgehead atoms. The number of benzene rings is 1. The maximum Gasteiger partial charge on any atom is 0.329 e. The van der Waals surface area contributed by atoms with Crippen molar-refractivity contribution in [1.82, 2.24) is 20.2 Å². The molecule has 3 amide bonds. The highest BCUT2D eigenvalue weighted by Crippen LogP contribution is 2.27. The molecular formula is C19H23N6O2+. The smallest absolute Gasteiger partial charge is 0.329 e. The number of imide groups is 1. The Hall–Kier alpha value is -3.00. The minimum absolute atomic E-state index is 0.194. The van der Waals surface area contributed by atoms with E-state index in [0.717, 1.165) is 37.7 Å². The highest BCUT2D eigenvalue weighted by atomic mass is 16.2. The Morgan fingerprint density at radius 3 is 2.41 bits per heavy atom. The molecule has 0 spiro atoms. The first-order chi connectivity index (χ1) is 13.1. The summed E-state index contributed by atoms with van der Waals surface area (Å²) in [5.74, 6) is 0.531. The SMILES string of the molecule is C[C@@]1(c2ccccc2)NC(=O)N(C[NH+]2CCN(c3ncccn3)CC2)C1=O. The molecular weight excluding hydrogens is 344 g/mol. The van der Waals surface area contributed by atoms with E-state index in [9.17, 15) is 9.59 Å². The van der Waals surface area contributed by atoms with Gasteiger partial charge >= 0.3 is 6.03 Å². The lowest BCUT2D eigenvalue weighted by Gasteiger charge is -2.33. The summed E-state index contributed by atoms with van der Waals surface area (Å²) in [6, 6.07) is 10.9. The minimum Gasteiger partial charge on any atom is -0.330 e. The van der Waals surface area contributed by atoms with Crippen molar-refractivity contribution in [3.63, 3.8) is 0 Å². The van der Waals surface area contributed by atoms with Gasteiger partial charge in [-0.3, -0.25) is 4.79 Å². The topological polar surface area (TPSA) is 82.9 Å². The van der Waals surface area contributed by atoms with E-state index in [4.69, 9.17) is 0 Å². The van der Waals surface area contributed by atoms with Gasteiger partial charge in [0.05, 0.1) is 26.2 Å². The second kappa shape index (κ2) is 6.96. The van der Waals surface area contributed by atoms with Crippen LogP contribution >= 0.6 is 0 Å². The number of carbonyl (C=O) groups excluding carboxylic acids is 2. The number of amides is 3. The summed E-state index contributed by atoms with van der Waals surface area (Å²) in [5.41, 5.74) is -0.204. The van der Waals surface area contributed by atoms with Crippen LogP contribution in [0.1, 0.15) is 12.5 Å². The number of anilines is 1. The van der Waals surface area contributed by atoms with Crippen molar-refractivity contribution in [1.29, 1.82) is 0 Å². The summed E-state index contributed by atoms with van der Waals surface area (Å²) in [7, 11) is 0. The number of rotatable bonds is 4. The minimum atomic E-state index is -1.00. The molecule has 8 nitrogen and oxygen atoms in total. The molecule has 2 aromatic rings. The van der Waals surface area contributed by atoms with Gasteiger partial charge in [0, 0.05) is 12.4 Å². The van der Waals surface area contributed by atoms with Crippen LogP contribution in [0.2, 0.25) is 0 Å². The van der Waals surface area contributed by atoms with E-state index in [1.165, 1.54) is 9.80 Å². The van der Waals surface area contributed by atoms with Crippen molar-refractivity contribution in [2.45, 2.75) is 12.5 Å². The Bertz CT molecular complexity index is 823. The van der Waals surface area contributed by atoms with Crippen LogP contribution < -0.4 is 15.1 Å². The van der Waals surface area contributed by atoms with Gasteiger partial charge in [-0.1, -0.05) is 30.3 Å². The summed E-state index contributed by atoms with van der Waals surface area (Å²) in [6.07, 6.45) is 3.47. The highest BCUT2D eigenvalue weighted by molar-refractivity contribution is 6.07. The van der Waals surface area contributed by atoms with Crippen molar-refractivity contribution < 1.29 is 14.5 Å². The Balaban J connectivity index is 1.40. The number of hydrogen-bond acceptors (Lipinski definition) is 5. The molecule has 0 radical (unpaired) electrons. The summed E-state index contributed by atoms with van der Waals surface area (Å²) in [6.45, 7) is 5.35. The predicted octanol–water partition coefficient (Wildman–Crippen LogP) is -0.394. The normalized spacial score (nSPS) is 23.6. The van der Waals surface area contributed by atoms with E-state index < -0.39 is 5.54 Å². The van der Waals surface area contributed by atoms with Crippen molar-refractivity contribution in [2.24, 2.45) is 0 Å². The van der Waals surface area contributed by atoms with Gasteiger partial charge in [-0.15, -0.1) is 0 Å². The number of piperazine rings is 1. The lowest BCUT2D eigenvalue weighted by molar-refractivity contribution is -0.907. The molecule has 4 rings (SSSR count). The van der Waals surface area contributed by atoms with Crippen molar-refractivity contribution >= 4 is 17.9 Å². The summed E-state index contributed by atoms with van der Waals surface area (Å²) in [4.78, 5) is 38.7. The largest absolute Gasteiger partial charge is 0.330 e. The molecule has 8 heteroatoms. The van der Waals surface area contributed by atoms with E-state index in [1.807, 2.05) is 30.3 Å². The fourth-order valence-electron chi connectivity index (χ4n) is 3.67. The number of urea groups is 1. The maximum atomic E-state index is 13.0. The molecule has 140 valence electrons. The van der Waals surface area contributed by atoms with E-state index in [2.05, 4.69) is 20.2 Å². The second-order valence-corrected chi connectivity index (χ2v) is 7.10.